The van der Waals surface area contributed by atoms with Crippen molar-refractivity contribution in [3.8, 4) is 17.6 Å². The number of carboxylic acid groups (broad SMARTS) is 1. The van der Waals surface area contributed by atoms with E-state index in [1.165, 1.54) is 4.31 Å². The topological polar surface area (TPSA) is 176 Å². The van der Waals surface area contributed by atoms with Crippen molar-refractivity contribution >= 4 is 33.9 Å². The van der Waals surface area contributed by atoms with Crippen LogP contribution in [0.15, 0.2) is 42.5 Å². The van der Waals surface area contributed by atoms with Crippen molar-refractivity contribution in [2.24, 2.45) is 5.92 Å². The van der Waals surface area contributed by atoms with Crippen molar-refractivity contribution in [2.75, 3.05) is 71.1 Å². The van der Waals surface area contributed by atoms with Gasteiger partial charge in [-0.15, -0.1) is 0 Å². The maximum atomic E-state index is 13.0. The fraction of sp³-hybridized carbons (Fsp3) is 0.485. The number of benzene rings is 2. The Hall–Kier alpha value is -4.36. The molecule has 0 unspecified atom stereocenters. The number of hydrogen-bond acceptors (Lipinski definition) is 9. The second-order valence-electron chi connectivity index (χ2n) is 11.2. The zero-order valence-electron chi connectivity index (χ0n) is 27.8. The van der Waals surface area contributed by atoms with E-state index in [-0.39, 0.29) is 32.2 Å². The van der Waals surface area contributed by atoms with Crippen LogP contribution in [0.25, 0.3) is 0 Å². The van der Waals surface area contributed by atoms with E-state index in [2.05, 4.69) is 32.1 Å². The second-order valence-corrected chi connectivity index (χ2v) is 12.9. The summed E-state index contributed by atoms with van der Waals surface area (Å²) in [7, 11) is -2.39. The molecular formula is C33H45N5O9S. The Morgan fingerprint density at radius 3 is 2.21 bits per heavy atom. The molecule has 2 aromatic rings. The van der Waals surface area contributed by atoms with Crippen LogP contribution in [0.3, 0.4) is 0 Å². The van der Waals surface area contributed by atoms with Gasteiger partial charge in [0.05, 0.1) is 18.8 Å². The summed E-state index contributed by atoms with van der Waals surface area (Å²) in [6.45, 7) is 7.92. The molecule has 2 amide bonds. The van der Waals surface area contributed by atoms with Crippen LogP contribution in [0.4, 0.5) is 10.5 Å². The summed E-state index contributed by atoms with van der Waals surface area (Å²) in [4.78, 5) is 38.0. The number of anilines is 1. The van der Waals surface area contributed by atoms with Gasteiger partial charge in [0.15, 0.2) is 0 Å². The lowest BCUT2D eigenvalue weighted by atomic mass is 10.1. The third-order valence-electron chi connectivity index (χ3n) is 7.32. The van der Waals surface area contributed by atoms with Crippen molar-refractivity contribution in [2.45, 2.75) is 33.2 Å². The largest absolute Gasteiger partial charge is 0.490 e. The number of nitrogens with zero attached hydrogens (tertiary/aromatic N) is 2. The van der Waals surface area contributed by atoms with Crippen LogP contribution < -0.4 is 25.0 Å². The lowest BCUT2D eigenvalue weighted by Crippen LogP contribution is -2.55. The van der Waals surface area contributed by atoms with E-state index >= 15 is 0 Å². The summed E-state index contributed by atoms with van der Waals surface area (Å²) in [6, 6.07) is 11.5. The van der Waals surface area contributed by atoms with Gasteiger partial charge in [-0.1, -0.05) is 25.7 Å². The monoisotopic (exact) mass is 687 g/mol. The standard InChI is InChI=1S/C33H45N5O9S/c1-5-46-33(42)35-16-6-15-34-31(39)28-23-26(11-14-29(28)47-22-21-45-4)8-7-25-9-12-27(13-10-25)37-17-19-38(20-18-37)48(43,44)36-30(24(2)3)32(40)41/h9-14,23-24,30,36H,5-6,15-22H2,1-4H3,(H,34,39)(H,35,42)(H,40,41)/t30-/m1/s1. The van der Waals surface area contributed by atoms with Crippen LogP contribution >= 0.6 is 0 Å². The van der Waals surface area contributed by atoms with Crippen molar-refractivity contribution in [1.82, 2.24) is 19.7 Å². The molecule has 2 aromatic carbocycles. The van der Waals surface area contributed by atoms with Gasteiger partial charge in [-0.2, -0.15) is 17.4 Å². The van der Waals surface area contributed by atoms with E-state index in [4.69, 9.17) is 14.2 Å². The molecule has 0 bridgehead atoms. The number of aliphatic carboxylic acids is 1. The number of amides is 2. The van der Waals surface area contributed by atoms with Gasteiger partial charge in [-0.05, 0) is 61.7 Å². The number of piperazine rings is 1. The number of hydrogen-bond donors (Lipinski definition) is 4. The summed E-state index contributed by atoms with van der Waals surface area (Å²) in [5.74, 6) is 4.67. The zero-order valence-corrected chi connectivity index (χ0v) is 28.6. The molecule has 0 aliphatic carbocycles. The van der Waals surface area contributed by atoms with E-state index in [0.29, 0.717) is 56.1 Å². The highest BCUT2D eigenvalue weighted by Gasteiger charge is 2.33. The highest BCUT2D eigenvalue weighted by Crippen LogP contribution is 2.21. The Balaban J connectivity index is 1.62. The molecule has 1 atom stereocenters. The first-order valence-electron chi connectivity index (χ1n) is 15.8. The zero-order chi connectivity index (χ0) is 35.1. The van der Waals surface area contributed by atoms with E-state index < -0.39 is 34.2 Å². The molecule has 4 N–H and O–H groups in total. The van der Waals surface area contributed by atoms with Gasteiger partial charge in [0.25, 0.3) is 16.1 Å². The maximum Gasteiger partial charge on any atom is 0.407 e. The predicted octanol–water partition coefficient (Wildman–Crippen LogP) is 2.04. The number of alkyl carbamates (subject to hydrolysis) is 1. The molecular weight excluding hydrogens is 642 g/mol. The Bertz CT molecular complexity index is 1550. The van der Waals surface area contributed by atoms with E-state index in [1.54, 1.807) is 46.1 Å². The van der Waals surface area contributed by atoms with E-state index in [0.717, 1.165) is 11.3 Å². The fourth-order valence-corrected chi connectivity index (χ4v) is 6.18. The first-order chi connectivity index (χ1) is 22.9. The van der Waals surface area contributed by atoms with Gasteiger partial charge < -0.3 is 34.9 Å². The molecule has 262 valence electrons. The lowest BCUT2D eigenvalue weighted by molar-refractivity contribution is -0.140. The summed E-state index contributed by atoms with van der Waals surface area (Å²) in [6.07, 6.45) is 0.00979. The molecule has 0 saturated carbocycles. The van der Waals surface area contributed by atoms with Gasteiger partial charge in [0.2, 0.25) is 0 Å². The average molecular weight is 688 g/mol. The predicted molar refractivity (Wildman–Crippen MR) is 180 cm³/mol. The van der Waals surface area contributed by atoms with Crippen molar-refractivity contribution in [3.05, 3.63) is 59.2 Å². The number of rotatable bonds is 16. The van der Waals surface area contributed by atoms with Gasteiger partial charge >= 0.3 is 12.1 Å². The van der Waals surface area contributed by atoms with E-state index in [9.17, 15) is 27.9 Å². The third-order valence-corrected chi connectivity index (χ3v) is 8.92. The van der Waals surface area contributed by atoms with Crippen molar-refractivity contribution in [1.29, 1.82) is 0 Å². The molecule has 1 heterocycles. The Kier molecular flexibility index (Phi) is 15.0. The average Bonchev–Trinajstić information content (AvgIpc) is 3.06. The Morgan fingerprint density at radius 2 is 1.58 bits per heavy atom. The van der Waals surface area contributed by atoms with Gasteiger partial charge in [0.1, 0.15) is 18.4 Å². The van der Waals surface area contributed by atoms with Crippen LogP contribution in [0.1, 0.15) is 48.7 Å². The van der Waals surface area contributed by atoms with Gasteiger partial charge in [-0.3, -0.25) is 9.59 Å². The SMILES string of the molecule is CCOC(=O)NCCCNC(=O)c1cc(C#Cc2ccc(N3CCN(S(=O)(=O)N[C@@H](C(=O)O)C(C)C)CC3)cc2)ccc1OCCOC. The number of carbonyl (C=O) groups excluding carboxylic acids is 2. The van der Waals surface area contributed by atoms with Crippen molar-refractivity contribution < 1.29 is 42.1 Å². The molecule has 1 fully saturated rings. The summed E-state index contributed by atoms with van der Waals surface area (Å²) < 4.78 is 44.8. The number of carboxylic acids is 1. The molecule has 15 heteroatoms. The smallest absolute Gasteiger partial charge is 0.407 e. The highest BCUT2D eigenvalue weighted by molar-refractivity contribution is 7.87. The molecule has 0 radical (unpaired) electrons. The second kappa shape index (κ2) is 18.8. The Labute approximate surface area is 282 Å². The normalized spacial score (nSPS) is 14.1. The lowest BCUT2D eigenvalue weighted by Gasteiger charge is -2.36. The minimum absolute atomic E-state index is 0.215. The summed E-state index contributed by atoms with van der Waals surface area (Å²) >= 11 is 0. The summed E-state index contributed by atoms with van der Waals surface area (Å²) in [5.41, 5.74) is 2.59. The Morgan fingerprint density at radius 1 is 0.938 bits per heavy atom. The highest BCUT2D eigenvalue weighted by atomic mass is 32.2. The summed E-state index contributed by atoms with van der Waals surface area (Å²) in [5, 5.41) is 14.8. The third kappa shape index (κ3) is 11.7. The molecule has 1 aliphatic heterocycles. The quantitative estimate of drug-likeness (QED) is 0.151. The first-order valence-corrected chi connectivity index (χ1v) is 17.2. The maximum absolute atomic E-state index is 13.0. The number of nitrogens with one attached hydrogen (secondary N) is 3. The number of methoxy groups -OCH3 is 1. The van der Waals surface area contributed by atoms with Gasteiger partial charge in [-0.25, -0.2) is 4.79 Å². The molecule has 48 heavy (non-hydrogen) atoms. The van der Waals surface area contributed by atoms with Gasteiger partial charge in [0, 0.05) is 63.2 Å². The molecule has 0 spiro atoms. The molecule has 14 nitrogen and oxygen atoms in total. The van der Waals surface area contributed by atoms with Crippen molar-refractivity contribution in [3.63, 3.8) is 0 Å². The number of ether oxygens (including phenoxy) is 3. The molecule has 0 aromatic heterocycles. The van der Waals surface area contributed by atoms with Crippen LogP contribution in [0.2, 0.25) is 0 Å². The minimum Gasteiger partial charge on any atom is -0.490 e. The fourth-order valence-electron chi connectivity index (χ4n) is 4.70. The molecule has 1 aliphatic rings. The first kappa shape index (κ1) is 38.1. The number of carbonyl (C=O) groups is 3. The van der Waals surface area contributed by atoms with Crippen LogP contribution in [-0.4, -0.2) is 108 Å². The van der Waals surface area contributed by atoms with Crippen LogP contribution in [0, 0.1) is 17.8 Å². The molecule has 1 saturated heterocycles. The minimum atomic E-state index is -3.95. The molecule has 3 rings (SSSR count). The van der Waals surface area contributed by atoms with Crippen LogP contribution in [0.5, 0.6) is 5.75 Å². The van der Waals surface area contributed by atoms with Crippen LogP contribution in [-0.2, 0) is 24.5 Å². The van der Waals surface area contributed by atoms with E-state index in [1.807, 2.05) is 24.3 Å².